The molecule has 7 heteroatoms. The van der Waals surface area contributed by atoms with E-state index >= 15 is 0 Å². The van der Waals surface area contributed by atoms with E-state index in [1.54, 1.807) is 7.05 Å². The second kappa shape index (κ2) is 11.9. The van der Waals surface area contributed by atoms with Gasteiger partial charge in [0.05, 0.1) is 0 Å². The number of unbranched alkanes of at least 4 members (excludes halogenated alkanes) is 1. The quantitative estimate of drug-likeness (QED) is 0.248. The standard InChI is InChI=1S/C15H31N5O.HI/c1-12(2)19-15(17-3)18-8-4-5-9-20-10-6-13(7-11-20)14(16)21;/h12-13H,4-11H2,1-3H3,(H2,16,21)(H2,17,18,19);1H. The highest BCUT2D eigenvalue weighted by Crippen LogP contribution is 2.16. The molecule has 0 aromatic rings. The number of carbonyl (C=O) groups is 1. The Hall–Kier alpha value is -0.570. The van der Waals surface area contributed by atoms with E-state index in [0.29, 0.717) is 6.04 Å². The maximum absolute atomic E-state index is 11.1. The topological polar surface area (TPSA) is 82.8 Å². The lowest BCUT2D eigenvalue weighted by molar-refractivity contribution is -0.123. The number of halogens is 1. The molecule has 1 saturated heterocycles. The van der Waals surface area contributed by atoms with E-state index in [2.05, 4.69) is 34.4 Å². The second-order valence-corrected chi connectivity index (χ2v) is 6.02. The number of rotatable bonds is 7. The molecule has 4 N–H and O–H groups in total. The number of primary amides is 1. The monoisotopic (exact) mass is 425 g/mol. The first-order valence-corrected chi connectivity index (χ1v) is 8.01. The number of aliphatic imine (C=N–C) groups is 1. The Morgan fingerprint density at radius 3 is 2.45 bits per heavy atom. The molecule has 0 unspecified atom stereocenters. The molecule has 1 aliphatic rings. The molecule has 0 atom stereocenters. The Bertz CT molecular complexity index is 341. The molecule has 130 valence electrons. The second-order valence-electron chi connectivity index (χ2n) is 6.02. The van der Waals surface area contributed by atoms with E-state index < -0.39 is 0 Å². The number of piperidine rings is 1. The normalized spacial score (nSPS) is 17.2. The van der Waals surface area contributed by atoms with Crippen LogP contribution in [0.4, 0.5) is 0 Å². The summed E-state index contributed by atoms with van der Waals surface area (Å²) in [6, 6.07) is 0.391. The highest BCUT2D eigenvalue weighted by molar-refractivity contribution is 14.0. The summed E-state index contributed by atoms with van der Waals surface area (Å²) in [5.74, 6) is 0.823. The largest absolute Gasteiger partial charge is 0.369 e. The lowest BCUT2D eigenvalue weighted by Gasteiger charge is -2.30. The molecular weight excluding hydrogens is 393 g/mol. The Morgan fingerprint density at radius 2 is 1.95 bits per heavy atom. The number of hydrogen-bond donors (Lipinski definition) is 3. The third kappa shape index (κ3) is 8.77. The van der Waals surface area contributed by atoms with E-state index in [1.807, 2.05) is 0 Å². The SMILES string of the molecule is CN=C(NCCCCN1CCC(C(N)=O)CC1)NC(C)C.I. The predicted molar refractivity (Wildman–Crippen MR) is 103 cm³/mol. The summed E-state index contributed by atoms with van der Waals surface area (Å²) in [7, 11) is 1.79. The zero-order valence-electron chi connectivity index (χ0n) is 14.1. The number of carbonyl (C=O) groups excluding carboxylic acids is 1. The average molecular weight is 425 g/mol. The van der Waals surface area contributed by atoms with E-state index in [9.17, 15) is 4.79 Å². The van der Waals surface area contributed by atoms with Gasteiger partial charge in [-0.1, -0.05) is 0 Å². The van der Waals surface area contributed by atoms with Crippen LogP contribution in [-0.2, 0) is 4.79 Å². The van der Waals surface area contributed by atoms with Crippen molar-refractivity contribution in [3.05, 3.63) is 0 Å². The number of nitrogens with two attached hydrogens (primary N) is 1. The minimum absolute atomic E-state index is 0. The van der Waals surface area contributed by atoms with Gasteiger partial charge in [0.1, 0.15) is 0 Å². The minimum Gasteiger partial charge on any atom is -0.369 e. The summed E-state index contributed by atoms with van der Waals surface area (Å²) in [5, 5.41) is 6.59. The molecular formula is C15H32IN5O. The van der Waals surface area contributed by atoms with Crippen molar-refractivity contribution in [1.29, 1.82) is 0 Å². The van der Waals surface area contributed by atoms with Crippen LogP contribution in [0.5, 0.6) is 0 Å². The number of likely N-dealkylation sites (tertiary alicyclic amines) is 1. The van der Waals surface area contributed by atoms with Gasteiger partial charge in [0.15, 0.2) is 5.96 Å². The van der Waals surface area contributed by atoms with Crippen molar-refractivity contribution in [3.8, 4) is 0 Å². The van der Waals surface area contributed by atoms with Gasteiger partial charge in [0.2, 0.25) is 5.91 Å². The van der Waals surface area contributed by atoms with Gasteiger partial charge in [-0.25, -0.2) is 0 Å². The molecule has 0 spiro atoms. The fraction of sp³-hybridized carbons (Fsp3) is 0.867. The van der Waals surface area contributed by atoms with Crippen LogP contribution in [0, 0.1) is 5.92 Å². The highest BCUT2D eigenvalue weighted by atomic mass is 127. The van der Waals surface area contributed by atoms with Crippen molar-refractivity contribution >= 4 is 35.8 Å². The number of hydrogen-bond acceptors (Lipinski definition) is 3. The van der Waals surface area contributed by atoms with Crippen molar-refractivity contribution < 1.29 is 4.79 Å². The van der Waals surface area contributed by atoms with Gasteiger partial charge in [0, 0.05) is 25.6 Å². The number of nitrogens with one attached hydrogen (secondary N) is 2. The number of guanidine groups is 1. The Labute approximate surface area is 151 Å². The van der Waals surface area contributed by atoms with Gasteiger partial charge in [-0.3, -0.25) is 9.79 Å². The van der Waals surface area contributed by atoms with E-state index in [-0.39, 0.29) is 35.8 Å². The molecule has 0 aromatic heterocycles. The summed E-state index contributed by atoms with van der Waals surface area (Å²) in [6.45, 7) is 8.23. The summed E-state index contributed by atoms with van der Waals surface area (Å²) >= 11 is 0. The van der Waals surface area contributed by atoms with Crippen LogP contribution in [0.1, 0.15) is 39.5 Å². The maximum Gasteiger partial charge on any atom is 0.220 e. The van der Waals surface area contributed by atoms with E-state index in [0.717, 1.165) is 57.8 Å². The zero-order valence-corrected chi connectivity index (χ0v) is 16.4. The molecule has 0 saturated carbocycles. The van der Waals surface area contributed by atoms with Crippen molar-refractivity contribution in [2.45, 2.75) is 45.6 Å². The highest BCUT2D eigenvalue weighted by Gasteiger charge is 2.22. The average Bonchev–Trinajstić information content (AvgIpc) is 2.45. The van der Waals surface area contributed by atoms with Crippen LogP contribution >= 0.6 is 24.0 Å². The van der Waals surface area contributed by atoms with Gasteiger partial charge in [-0.15, -0.1) is 24.0 Å². The minimum atomic E-state index is -0.136. The summed E-state index contributed by atoms with van der Waals surface area (Å²) in [5.41, 5.74) is 5.35. The first-order valence-electron chi connectivity index (χ1n) is 8.01. The first kappa shape index (κ1) is 21.4. The van der Waals surface area contributed by atoms with Crippen molar-refractivity contribution in [2.24, 2.45) is 16.6 Å². The molecule has 0 bridgehead atoms. The van der Waals surface area contributed by atoms with Gasteiger partial charge in [-0.05, 0) is 59.2 Å². The first-order chi connectivity index (χ1) is 10.0. The zero-order chi connectivity index (χ0) is 15.7. The van der Waals surface area contributed by atoms with Crippen LogP contribution in [0.15, 0.2) is 4.99 Å². The van der Waals surface area contributed by atoms with Crippen molar-refractivity contribution in [1.82, 2.24) is 15.5 Å². The molecule has 1 heterocycles. The van der Waals surface area contributed by atoms with Gasteiger partial charge in [-0.2, -0.15) is 0 Å². The van der Waals surface area contributed by atoms with Crippen LogP contribution < -0.4 is 16.4 Å². The Morgan fingerprint density at radius 1 is 1.32 bits per heavy atom. The fourth-order valence-corrected chi connectivity index (χ4v) is 2.58. The third-order valence-electron chi connectivity index (χ3n) is 3.83. The van der Waals surface area contributed by atoms with Crippen molar-refractivity contribution in [2.75, 3.05) is 33.2 Å². The van der Waals surface area contributed by atoms with Crippen LogP contribution in [-0.4, -0.2) is 56.0 Å². The number of nitrogens with zero attached hydrogens (tertiary/aromatic N) is 2. The Kier molecular flexibility index (Phi) is 11.6. The Balaban J connectivity index is 0.00000441. The molecule has 0 aliphatic carbocycles. The van der Waals surface area contributed by atoms with E-state index in [4.69, 9.17) is 5.73 Å². The predicted octanol–water partition coefficient (Wildman–Crippen LogP) is 1.16. The van der Waals surface area contributed by atoms with Crippen LogP contribution in [0.3, 0.4) is 0 Å². The van der Waals surface area contributed by atoms with Gasteiger partial charge < -0.3 is 21.3 Å². The molecule has 1 aliphatic heterocycles. The summed E-state index contributed by atoms with van der Waals surface area (Å²) < 4.78 is 0. The molecule has 0 radical (unpaired) electrons. The van der Waals surface area contributed by atoms with Crippen LogP contribution in [0.25, 0.3) is 0 Å². The van der Waals surface area contributed by atoms with Crippen molar-refractivity contribution in [3.63, 3.8) is 0 Å². The third-order valence-corrected chi connectivity index (χ3v) is 3.83. The molecule has 6 nitrogen and oxygen atoms in total. The fourth-order valence-electron chi connectivity index (χ4n) is 2.58. The summed E-state index contributed by atoms with van der Waals surface area (Å²) in [4.78, 5) is 17.7. The molecule has 1 amide bonds. The van der Waals surface area contributed by atoms with Gasteiger partial charge >= 0.3 is 0 Å². The lowest BCUT2D eigenvalue weighted by Crippen LogP contribution is -2.41. The molecule has 0 aromatic carbocycles. The molecule has 1 rings (SSSR count). The van der Waals surface area contributed by atoms with E-state index in [1.165, 1.54) is 0 Å². The number of amides is 1. The van der Waals surface area contributed by atoms with Gasteiger partial charge in [0.25, 0.3) is 0 Å². The molecule has 1 fully saturated rings. The van der Waals surface area contributed by atoms with Crippen LogP contribution in [0.2, 0.25) is 0 Å². The molecule has 22 heavy (non-hydrogen) atoms. The smallest absolute Gasteiger partial charge is 0.220 e. The lowest BCUT2D eigenvalue weighted by atomic mass is 9.96. The summed E-state index contributed by atoms with van der Waals surface area (Å²) in [6.07, 6.45) is 4.11. The maximum atomic E-state index is 11.1.